The Morgan fingerprint density at radius 2 is 1.88 bits per heavy atom. The molecule has 2 N–H and O–H groups in total. The second kappa shape index (κ2) is 6.11. The van der Waals surface area contributed by atoms with Crippen LogP contribution in [0.15, 0.2) is 12.1 Å². The van der Waals surface area contributed by atoms with Gasteiger partial charge in [0, 0.05) is 26.2 Å². The molecular formula is C17H22N2O6. The van der Waals surface area contributed by atoms with Crippen molar-refractivity contribution in [3.8, 4) is 5.75 Å². The van der Waals surface area contributed by atoms with Crippen LogP contribution in [-0.2, 0) is 9.47 Å². The lowest BCUT2D eigenvalue weighted by molar-refractivity contribution is -0.0546. The van der Waals surface area contributed by atoms with Crippen molar-refractivity contribution < 1.29 is 29.3 Å². The Kier molecular flexibility index (Phi) is 4.24. The minimum absolute atomic E-state index is 0.0400. The maximum Gasteiger partial charge on any atom is 0.410 e. The summed E-state index contributed by atoms with van der Waals surface area (Å²) in [5.41, 5.74) is 0.333. The number of benzene rings is 1. The molecule has 8 heteroatoms. The van der Waals surface area contributed by atoms with Crippen LogP contribution in [0, 0.1) is 0 Å². The Morgan fingerprint density at radius 1 is 1.24 bits per heavy atom. The Labute approximate surface area is 145 Å². The van der Waals surface area contributed by atoms with Crippen LogP contribution in [0.2, 0.25) is 0 Å². The average molecular weight is 350 g/mol. The van der Waals surface area contributed by atoms with Crippen molar-refractivity contribution >= 4 is 17.7 Å². The van der Waals surface area contributed by atoms with Gasteiger partial charge in [-0.1, -0.05) is 0 Å². The molecule has 2 aliphatic heterocycles. The summed E-state index contributed by atoms with van der Waals surface area (Å²) in [7, 11) is 0. The SMILES string of the molecule is CC(C)(C)OC(=O)N1CCN(c2c(O)ccc3c2C(O)OC3=O)CC1. The van der Waals surface area contributed by atoms with Gasteiger partial charge in [0.15, 0.2) is 0 Å². The summed E-state index contributed by atoms with van der Waals surface area (Å²) in [4.78, 5) is 27.3. The number of aliphatic hydroxyl groups excluding tert-OH is 1. The van der Waals surface area contributed by atoms with E-state index in [1.165, 1.54) is 12.1 Å². The van der Waals surface area contributed by atoms with E-state index >= 15 is 0 Å². The molecule has 1 saturated heterocycles. The summed E-state index contributed by atoms with van der Waals surface area (Å²) < 4.78 is 10.2. The zero-order valence-electron chi connectivity index (χ0n) is 14.5. The molecule has 25 heavy (non-hydrogen) atoms. The molecule has 0 saturated carbocycles. The molecule has 8 nitrogen and oxygen atoms in total. The average Bonchev–Trinajstić information content (AvgIpc) is 2.80. The monoisotopic (exact) mass is 350 g/mol. The minimum Gasteiger partial charge on any atom is -0.506 e. The van der Waals surface area contributed by atoms with Gasteiger partial charge in [-0.15, -0.1) is 0 Å². The van der Waals surface area contributed by atoms with Crippen molar-refractivity contribution in [1.29, 1.82) is 0 Å². The number of fused-ring (bicyclic) bond motifs is 1. The van der Waals surface area contributed by atoms with E-state index in [-0.39, 0.29) is 23.0 Å². The Bertz CT molecular complexity index is 704. The molecule has 0 aromatic heterocycles. The van der Waals surface area contributed by atoms with Crippen LogP contribution in [-0.4, -0.2) is 59.0 Å². The van der Waals surface area contributed by atoms with Crippen molar-refractivity contribution in [2.45, 2.75) is 32.7 Å². The number of phenols is 1. The number of esters is 1. The minimum atomic E-state index is -1.39. The van der Waals surface area contributed by atoms with Crippen molar-refractivity contribution in [3.05, 3.63) is 23.3 Å². The van der Waals surface area contributed by atoms with E-state index in [4.69, 9.17) is 9.47 Å². The van der Waals surface area contributed by atoms with Gasteiger partial charge < -0.3 is 29.5 Å². The molecule has 2 heterocycles. The summed E-state index contributed by atoms with van der Waals surface area (Å²) in [5.74, 6) is -0.655. The van der Waals surface area contributed by atoms with Crippen LogP contribution in [0.25, 0.3) is 0 Å². The summed E-state index contributed by atoms with van der Waals surface area (Å²) in [6.45, 7) is 7.11. The number of hydrogen-bond donors (Lipinski definition) is 2. The molecular weight excluding hydrogens is 328 g/mol. The van der Waals surface area contributed by atoms with Crippen LogP contribution in [0.3, 0.4) is 0 Å². The van der Waals surface area contributed by atoms with Gasteiger partial charge in [-0.2, -0.15) is 0 Å². The first kappa shape index (κ1) is 17.3. The number of carbonyl (C=O) groups excluding carboxylic acids is 2. The molecule has 0 radical (unpaired) electrons. The molecule has 1 aromatic rings. The van der Waals surface area contributed by atoms with Crippen LogP contribution >= 0.6 is 0 Å². The van der Waals surface area contributed by atoms with E-state index in [0.29, 0.717) is 31.9 Å². The second-order valence-electron chi connectivity index (χ2n) is 7.11. The number of amides is 1. The molecule has 1 fully saturated rings. The summed E-state index contributed by atoms with van der Waals surface area (Å²) in [5, 5.41) is 20.2. The molecule has 0 spiro atoms. The van der Waals surface area contributed by atoms with Crippen LogP contribution < -0.4 is 4.90 Å². The molecule has 136 valence electrons. The highest BCUT2D eigenvalue weighted by molar-refractivity contribution is 5.97. The number of phenolic OH excluding ortho intramolecular Hbond substituents is 1. The number of cyclic esters (lactones) is 1. The molecule has 2 aliphatic rings. The quantitative estimate of drug-likeness (QED) is 0.742. The summed E-state index contributed by atoms with van der Waals surface area (Å²) >= 11 is 0. The van der Waals surface area contributed by atoms with Gasteiger partial charge in [-0.25, -0.2) is 9.59 Å². The molecule has 0 bridgehead atoms. The fourth-order valence-corrected chi connectivity index (χ4v) is 3.02. The van der Waals surface area contributed by atoms with Gasteiger partial charge in [-0.3, -0.25) is 0 Å². The highest BCUT2D eigenvalue weighted by Crippen LogP contribution is 2.42. The molecule has 1 atom stereocenters. The first-order chi connectivity index (χ1) is 11.7. The number of nitrogens with zero attached hydrogens (tertiary/aromatic N) is 2. The predicted octanol–water partition coefficient (Wildman–Crippen LogP) is 1.61. The topological polar surface area (TPSA) is 99.5 Å². The maximum absolute atomic E-state index is 12.1. The number of hydrogen-bond acceptors (Lipinski definition) is 7. The third kappa shape index (κ3) is 3.34. The highest BCUT2D eigenvalue weighted by atomic mass is 16.6. The van der Waals surface area contributed by atoms with Gasteiger partial charge in [0.25, 0.3) is 0 Å². The standard InChI is InChI=1S/C17H22N2O6/c1-17(2,3)25-16(23)19-8-6-18(7-9-19)13-11(20)5-4-10-12(13)15(22)24-14(10)21/h4-5,15,20,22H,6-9H2,1-3H3. The van der Waals surface area contributed by atoms with Crippen LogP contribution in [0.4, 0.5) is 10.5 Å². The zero-order valence-corrected chi connectivity index (χ0v) is 14.5. The molecule has 3 rings (SSSR count). The number of rotatable bonds is 1. The molecule has 1 unspecified atom stereocenters. The normalized spacial score (nSPS) is 20.3. The lowest BCUT2D eigenvalue weighted by Crippen LogP contribution is -2.50. The highest BCUT2D eigenvalue weighted by Gasteiger charge is 2.36. The first-order valence-electron chi connectivity index (χ1n) is 8.15. The number of aromatic hydroxyl groups is 1. The van der Waals surface area contributed by atoms with Crippen molar-refractivity contribution in [1.82, 2.24) is 4.90 Å². The van der Waals surface area contributed by atoms with Gasteiger partial charge >= 0.3 is 12.1 Å². The van der Waals surface area contributed by atoms with Crippen molar-refractivity contribution in [2.75, 3.05) is 31.1 Å². The van der Waals surface area contributed by atoms with Crippen LogP contribution in [0.5, 0.6) is 5.75 Å². The Hall–Kier alpha value is -2.48. The largest absolute Gasteiger partial charge is 0.506 e. The number of aliphatic hydroxyl groups is 1. The van der Waals surface area contributed by atoms with E-state index in [9.17, 15) is 19.8 Å². The number of carbonyl (C=O) groups is 2. The zero-order chi connectivity index (χ0) is 18.4. The van der Waals surface area contributed by atoms with E-state index in [1.54, 1.807) is 4.90 Å². The Morgan fingerprint density at radius 3 is 2.48 bits per heavy atom. The van der Waals surface area contributed by atoms with Crippen molar-refractivity contribution in [3.63, 3.8) is 0 Å². The second-order valence-corrected chi connectivity index (χ2v) is 7.11. The van der Waals surface area contributed by atoms with Gasteiger partial charge in [0.05, 0.1) is 16.8 Å². The molecule has 0 aliphatic carbocycles. The predicted molar refractivity (Wildman–Crippen MR) is 88.5 cm³/mol. The maximum atomic E-state index is 12.1. The van der Waals surface area contributed by atoms with E-state index < -0.39 is 17.9 Å². The van der Waals surface area contributed by atoms with Gasteiger partial charge in [0.2, 0.25) is 6.29 Å². The third-order valence-electron chi connectivity index (χ3n) is 4.13. The fraction of sp³-hybridized carbons (Fsp3) is 0.529. The summed E-state index contributed by atoms with van der Waals surface area (Å²) in [6.07, 6.45) is -1.78. The van der Waals surface area contributed by atoms with Crippen LogP contribution in [0.1, 0.15) is 43.0 Å². The first-order valence-corrected chi connectivity index (χ1v) is 8.15. The van der Waals surface area contributed by atoms with Gasteiger partial charge in [0.1, 0.15) is 11.4 Å². The fourth-order valence-electron chi connectivity index (χ4n) is 3.02. The Balaban J connectivity index is 1.76. The smallest absolute Gasteiger partial charge is 0.410 e. The number of anilines is 1. The van der Waals surface area contributed by atoms with E-state index in [1.807, 2.05) is 25.7 Å². The molecule has 1 amide bonds. The molecule has 1 aromatic carbocycles. The van der Waals surface area contributed by atoms with Crippen molar-refractivity contribution in [2.24, 2.45) is 0 Å². The van der Waals surface area contributed by atoms with Gasteiger partial charge in [-0.05, 0) is 32.9 Å². The number of ether oxygens (including phenoxy) is 2. The summed E-state index contributed by atoms with van der Waals surface area (Å²) in [6, 6.07) is 2.84. The third-order valence-corrected chi connectivity index (χ3v) is 4.13. The van der Waals surface area contributed by atoms with E-state index in [0.717, 1.165) is 0 Å². The lowest BCUT2D eigenvalue weighted by Gasteiger charge is -2.37. The van der Waals surface area contributed by atoms with E-state index in [2.05, 4.69) is 0 Å². The number of piperazine rings is 1. The lowest BCUT2D eigenvalue weighted by atomic mass is 10.0.